The molecule has 2 atom stereocenters. The van der Waals surface area contributed by atoms with Crippen molar-refractivity contribution in [3.8, 4) is 0 Å². The molecule has 11 nitrogen and oxygen atoms in total. The van der Waals surface area contributed by atoms with Crippen LogP contribution >= 0.6 is 0 Å². The molecule has 14 heteroatoms. The molecule has 0 radical (unpaired) electrons. The average molecular weight is 483 g/mol. The molecular weight excluding hydrogens is 459 g/mol. The van der Waals surface area contributed by atoms with E-state index >= 15 is 0 Å². The number of halogens is 3. The number of rotatable bonds is 7. The van der Waals surface area contributed by atoms with Crippen molar-refractivity contribution in [3.05, 3.63) is 35.9 Å². The third-order valence-electron chi connectivity index (χ3n) is 5.77. The summed E-state index contributed by atoms with van der Waals surface area (Å²) in [5.41, 5.74) is -0.653. The Bertz CT molecular complexity index is 1180. The maximum Gasteiger partial charge on any atom is 0.411 e. The maximum atomic E-state index is 13.5. The molecule has 184 valence electrons. The first-order valence-corrected chi connectivity index (χ1v) is 10.4. The van der Waals surface area contributed by atoms with E-state index in [9.17, 15) is 23.1 Å². The number of nitrogens with zero attached hydrogens (tertiary/aromatic N) is 5. The van der Waals surface area contributed by atoms with Gasteiger partial charge in [0.2, 0.25) is 0 Å². The van der Waals surface area contributed by atoms with Crippen LogP contribution in [0.5, 0.6) is 0 Å². The summed E-state index contributed by atoms with van der Waals surface area (Å²) in [7, 11) is 1.57. The number of fused-ring (bicyclic) bond motifs is 1. The van der Waals surface area contributed by atoms with Gasteiger partial charge in [-0.15, -0.1) is 0 Å². The Morgan fingerprint density at radius 3 is 2.85 bits per heavy atom. The van der Waals surface area contributed by atoms with Crippen LogP contribution in [0.4, 0.5) is 29.6 Å². The molecule has 4 rings (SSSR count). The maximum absolute atomic E-state index is 13.5. The summed E-state index contributed by atoms with van der Waals surface area (Å²) >= 11 is 0. The van der Waals surface area contributed by atoms with E-state index in [0.29, 0.717) is 34.4 Å². The molecule has 4 heterocycles. The SMILES string of the molecule is COCc1cc2c(Nc3cc([C@H]4C[C@@H](N(C(=O)O)C(C)(C)C(F)(F)F)CO4)[nH]n3)nccn2n1. The molecule has 1 amide bonds. The molecule has 1 fully saturated rings. The van der Waals surface area contributed by atoms with E-state index < -0.39 is 30.0 Å². The van der Waals surface area contributed by atoms with E-state index in [0.717, 1.165) is 19.5 Å². The fourth-order valence-corrected chi connectivity index (χ4v) is 3.97. The molecule has 3 N–H and O–H groups in total. The number of aromatic amines is 1. The number of methoxy groups -OCH3 is 1. The lowest BCUT2D eigenvalue weighted by molar-refractivity contribution is -0.218. The Balaban J connectivity index is 1.49. The fourth-order valence-electron chi connectivity index (χ4n) is 3.97. The summed E-state index contributed by atoms with van der Waals surface area (Å²) in [5, 5.41) is 23.9. The number of hydrogen-bond donors (Lipinski definition) is 3. The Labute approximate surface area is 191 Å². The summed E-state index contributed by atoms with van der Waals surface area (Å²) in [6, 6.07) is 2.49. The van der Waals surface area contributed by atoms with Crippen molar-refractivity contribution in [3.63, 3.8) is 0 Å². The minimum absolute atomic E-state index is 0.0459. The van der Waals surface area contributed by atoms with E-state index in [2.05, 4.69) is 25.6 Å². The number of aromatic nitrogens is 5. The minimum Gasteiger partial charge on any atom is -0.465 e. The summed E-state index contributed by atoms with van der Waals surface area (Å²) in [6.45, 7) is 1.85. The van der Waals surface area contributed by atoms with Crippen molar-refractivity contribution in [2.75, 3.05) is 19.0 Å². The van der Waals surface area contributed by atoms with Gasteiger partial charge in [0.25, 0.3) is 0 Å². The zero-order valence-electron chi connectivity index (χ0n) is 18.6. The lowest BCUT2D eigenvalue weighted by Gasteiger charge is -2.41. The van der Waals surface area contributed by atoms with Crippen LogP contribution in [-0.4, -0.2) is 72.4 Å². The van der Waals surface area contributed by atoms with Crippen molar-refractivity contribution in [1.29, 1.82) is 0 Å². The van der Waals surface area contributed by atoms with Gasteiger partial charge in [-0.2, -0.15) is 23.4 Å². The Morgan fingerprint density at radius 2 is 2.18 bits per heavy atom. The third-order valence-corrected chi connectivity index (χ3v) is 5.77. The van der Waals surface area contributed by atoms with E-state index in [-0.39, 0.29) is 13.0 Å². The van der Waals surface area contributed by atoms with Crippen molar-refractivity contribution in [1.82, 2.24) is 29.7 Å². The first-order valence-electron chi connectivity index (χ1n) is 10.4. The highest BCUT2D eigenvalue weighted by Gasteiger charge is 2.56. The summed E-state index contributed by atoms with van der Waals surface area (Å²) in [6.07, 6.45) is -3.73. The van der Waals surface area contributed by atoms with Crippen molar-refractivity contribution in [2.45, 2.75) is 50.7 Å². The van der Waals surface area contributed by atoms with E-state index in [1.54, 1.807) is 30.1 Å². The zero-order chi connectivity index (χ0) is 24.7. The van der Waals surface area contributed by atoms with Crippen molar-refractivity contribution in [2.24, 2.45) is 0 Å². The number of ether oxygens (including phenoxy) is 2. The summed E-state index contributed by atoms with van der Waals surface area (Å²) in [4.78, 5) is 16.4. The van der Waals surface area contributed by atoms with Crippen LogP contribution in [0.25, 0.3) is 5.52 Å². The molecule has 3 aromatic rings. The van der Waals surface area contributed by atoms with E-state index in [4.69, 9.17) is 9.47 Å². The summed E-state index contributed by atoms with van der Waals surface area (Å²) < 4.78 is 52.9. The fraction of sp³-hybridized carbons (Fsp3) is 0.500. The highest BCUT2D eigenvalue weighted by Crippen LogP contribution is 2.40. The molecule has 0 bridgehead atoms. The molecule has 0 aliphatic carbocycles. The predicted molar refractivity (Wildman–Crippen MR) is 113 cm³/mol. The van der Waals surface area contributed by atoms with Crippen LogP contribution in [0.2, 0.25) is 0 Å². The topological polar surface area (TPSA) is 130 Å². The molecule has 1 aliphatic rings. The second kappa shape index (κ2) is 8.76. The van der Waals surface area contributed by atoms with Gasteiger partial charge < -0.3 is 19.9 Å². The van der Waals surface area contributed by atoms with Gasteiger partial charge in [-0.1, -0.05) is 0 Å². The van der Waals surface area contributed by atoms with Crippen LogP contribution in [0.15, 0.2) is 24.5 Å². The number of amides is 1. The highest BCUT2D eigenvalue weighted by molar-refractivity contribution is 5.72. The number of anilines is 2. The van der Waals surface area contributed by atoms with Crippen LogP contribution in [-0.2, 0) is 16.1 Å². The molecule has 34 heavy (non-hydrogen) atoms. The smallest absolute Gasteiger partial charge is 0.411 e. The Morgan fingerprint density at radius 1 is 1.41 bits per heavy atom. The Kier molecular flexibility index (Phi) is 6.12. The van der Waals surface area contributed by atoms with Crippen molar-refractivity contribution < 1.29 is 32.5 Å². The zero-order valence-corrected chi connectivity index (χ0v) is 18.6. The number of carbonyl (C=O) groups is 1. The molecule has 3 aromatic heterocycles. The Hall–Kier alpha value is -3.39. The first kappa shape index (κ1) is 23.8. The highest BCUT2D eigenvalue weighted by atomic mass is 19.4. The average Bonchev–Trinajstić information content (AvgIpc) is 3.46. The number of alkyl halides is 3. The quantitative estimate of drug-likeness (QED) is 0.466. The molecule has 0 spiro atoms. The standard InChI is InChI=1S/C20H24F3N7O4/c1-19(2,20(21,22)23)30(18(31)32)12-7-15(34-10-12)13-8-16(27-26-13)25-17-14-6-11(9-33-3)28-29(14)5-4-24-17/h4-6,8,12,15H,7,9-10H2,1-3H3,(H,31,32)(H2,24,25,26,27)/t12-,15-/m1/s1. The van der Waals surface area contributed by atoms with Gasteiger partial charge in [-0.3, -0.25) is 10.00 Å². The van der Waals surface area contributed by atoms with Gasteiger partial charge in [0.1, 0.15) is 17.2 Å². The van der Waals surface area contributed by atoms with Crippen LogP contribution in [0.1, 0.15) is 37.8 Å². The molecule has 0 saturated carbocycles. The van der Waals surface area contributed by atoms with Gasteiger partial charge in [-0.05, 0) is 19.9 Å². The number of H-pyrrole nitrogens is 1. The molecular formula is C20H24F3N7O4. The monoisotopic (exact) mass is 483 g/mol. The van der Waals surface area contributed by atoms with Gasteiger partial charge in [0, 0.05) is 32.0 Å². The lowest BCUT2D eigenvalue weighted by Crippen LogP contribution is -2.60. The van der Waals surface area contributed by atoms with Crippen LogP contribution < -0.4 is 5.32 Å². The first-order chi connectivity index (χ1) is 16.0. The van der Waals surface area contributed by atoms with Gasteiger partial charge >= 0.3 is 12.3 Å². The second-order valence-electron chi connectivity index (χ2n) is 8.43. The van der Waals surface area contributed by atoms with E-state index in [1.807, 2.05) is 6.07 Å². The molecule has 1 aliphatic heterocycles. The molecule has 0 unspecified atom stereocenters. The number of nitrogens with one attached hydrogen (secondary N) is 2. The number of hydrogen-bond acceptors (Lipinski definition) is 7. The van der Waals surface area contributed by atoms with Gasteiger partial charge in [0.05, 0.1) is 30.6 Å². The van der Waals surface area contributed by atoms with Crippen LogP contribution in [0.3, 0.4) is 0 Å². The van der Waals surface area contributed by atoms with Gasteiger partial charge in [0.15, 0.2) is 11.6 Å². The molecule has 1 saturated heterocycles. The minimum atomic E-state index is -4.74. The van der Waals surface area contributed by atoms with Crippen LogP contribution in [0, 0.1) is 0 Å². The lowest BCUT2D eigenvalue weighted by atomic mass is 9.98. The second-order valence-corrected chi connectivity index (χ2v) is 8.43. The summed E-state index contributed by atoms with van der Waals surface area (Å²) in [5.74, 6) is 0.896. The van der Waals surface area contributed by atoms with E-state index in [1.165, 1.54) is 0 Å². The van der Waals surface area contributed by atoms with Crippen molar-refractivity contribution >= 4 is 23.2 Å². The normalized spacial score (nSPS) is 19.0. The predicted octanol–water partition coefficient (Wildman–Crippen LogP) is 3.49. The van der Waals surface area contributed by atoms with Gasteiger partial charge in [-0.25, -0.2) is 14.3 Å². The largest absolute Gasteiger partial charge is 0.465 e. The molecule has 0 aromatic carbocycles. The number of carboxylic acid groups (broad SMARTS) is 1. The third kappa shape index (κ3) is 4.37.